The fourth-order valence-corrected chi connectivity index (χ4v) is 4.20. The molecule has 0 atom stereocenters. The summed E-state index contributed by atoms with van der Waals surface area (Å²) in [4.78, 5) is 25.3. The van der Waals surface area contributed by atoms with E-state index in [-0.39, 0.29) is 17.2 Å². The van der Waals surface area contributed by atoms with Crippen LogP contribution in [0.1, 0.15) is 66.4 Å². The highest BCUT2D eigenvalue weighted by molar-refractivity contribution is 6.04. The van der Waals surface area contributed by atoms with Crippen molar-refractivity contribution < 1.29 is 9.59 Å². The number of benzene rings is 2. The van der Waals surface area contributed by atoms with Crippen LogP contribution in [0, 0.1) is 6.92 Å². The van der Waals surface area contributed by atoms with Crippen LogP contribution in [-0.2, 0) is 10.2 Å². The summed E-state index contributed by atoms with van der Waals surface area (Å²) in [5, 5.41) is 6.22. The van der Waals surface area contributed by atoms with Crippen molar-refractivity contribution in [3.63, 3.8) is 0 Å². The van der Waals surface area contributed by atoms with Crippen molar-refractivity contribution in [2.24, 2.45) is 0 Å². The molecule has 2 aromatic rings. The van der Waals surface area contributed by atoms with Gasteiger partial charge in [-0.25, -0.2) is 0 Å². The molecule has 0 radical (unpaired) electrons. The predicted octanol–water partition coefficient (Wildman–Crippen LogP) is 4.73. The Balaban J connectivity index is 1.41. The predicted molar refractivity (Wildman–Crippen MR) is 112 cm³/mol. The minimum absolute atomic E-state index is 0.118. The second-order valence-electron chi connectivity index (χ2n) is 8.29. The molecule has 2 amide bonds. The van der Waals surface area contributed by atoms with E-state index in [4.69, 9.17) is 0 Å². The van der Waals surface area contributed by atoms with Crippen molar-refractivity contribution in [3.05, 3.63) is 65.2 Å². The molecule has 2 aromatic carbocycles. The summed E-state index contributed by atoms with van der Waals surface area (Å²) in [7, 11) is 0. The topological polar surface area (TPSA) is 58.2 Å². The molecule has 2 N–H and O–H groups in total. The van der Waals surface area contributed by atoms with Gasteiger partial charge in [0.05, 0.1) is 5.41 Å². The number of hydrogen-bond donors (Lipinski definition) is 2. The number of hydrogen-bond acceptors (Lipinski definition) is 2. The zero-order valence-corrected chi connectivity index (χ0v) is 16.5. The van der Waals surface area contributed by atoms with Gasteiger partial charge in [0.1, 0.15) is 0 Å². The first-order chi connectivity index (χ1) is 13.6. The average molecular weight is 377 g/mol. The van der Waals surface area contributed by atoms with Gasteiger partial charge in [0.25, 0.3) is 5.91 Å². The standard InChI is InChI=1S/C24H28N2O2/c1-17-6-5-7-18(16-17)22(27)25-21-12-10-19(11-13-21)24(14-15-24)23(28)26-20-8-3-2-4-9-20/h5-7,10-13,16,20H,2-4,8-9,14-15H2,1H3,(H,25,27)(H,26,28). The summed E-state index contributed by atoms with van der Waals surface area (Å²) >= 11 is 0. The van der Waals surface area contributed by atoms with E-state index in [1.165, 1.54) is 19.3 Å². The maximum absolute atomic E-state index is 12.9. The quantitative estimate of drug-likeness (QED) is 0.793. The highest BCUT2D eigenvalue weighted by Gasteiger charge is 2.51. The highest BCUT2D eigenvalue weighted by Crippen LogP contribution is 2.48. The Kier molecular flexibility index (Phi) is 5.21. The fraction of sp³-hybridized carbons (Fsp3) is 0.417. The summed E-state index contributed by atoms with van der Waals surface area (Å²) in [6.45, 7) is 1.97. The van der Waals surface area contributed by atoms with Crippen LogP contribution in [0.4, 0.5) is 5.69 Å². The first kappa shape index (κ1) is 18.7. The number of nitrogens with one attached hydrogen (secondary N) is 2. The summed E-state index contributed by atoms with van der Waals surface area (Å²) in [5.41, 5.74) is 3.14. The van der Waals surface area contributed by atoms with Crippen molar-refractivity contribution in [3.8, 4) is 0 Å². The van der Waals surface area contributed by atoms with Gasteiger partial charge in [0.2, 0.25) is 5.91 Å². The van der Waals surface area contributed by atoms with Crippen LogP contribution in [0.3, 0.4) is 0 Å². The van der Waals surface area contributed by atoms with Crippen LogP contribution >= 0.6 is 0 Å². The molecule has 2 fully saturated rings. The third-order valence-electron chi connectivity index (χ3n) is 6.10. The van der Waals surface area contributed by atoms with Crippen LogP contribution in [0.25, 0.3) is 0 Å². The van der Waals surface area contributed by atoms with Crippen LogP contribution in [0.2, 0.25) is 0 Å². The van der Waals surface area contributed by atoms with Crippen molar-refractivity contribution in [1.82, 2.24) is 5.32 Å². The number of rotatable bonds is 5. The first-order valence-electron chi connectivity index (χ1n) is 10.4. The molecule has 4 nitrogen and oxygen atoms in total. The Labute approximate surface area is 166 Å². The number of aryl methyl sites for hydroxylation is 1. The van der Waals surface area contributed by atoms with Crippen LogP contribution in [0.15, 0.2) is 48.5 Å². The van der Waals surface area contributed by atoms with Crippen LogP contribution < -0.4 is 10.6 Å². The van der Waals surface area contributed by atoms with E-state index in [0.29, 0.717) is 11.6 Å². The highest BCUT2D eigenvalue weighted by atomic mass is 16.2. The molecule has 0 aliphatic heterocycles. The molecule has 0 spiro atoms. The summed E-state index contributed by atoms with van der Waals surface area (Å²) in [6.07, 6.45) is 7.73. The number of anilines is 1. The molecule has 4 heteroatoms. The van der Waals surface area contributed by atoms with Crippen molar-refractivity contribution in [2.45, 2.75) is 63.3 Å². The summed E-state index contributed by atoms with van der Waals surface area (Å²) in [6, 6.07) is 15.6. The van der Waals surface area contributed by atoms with Gasteiger partial charge in [-0.3, -0.25) is 9.59 Å². The first-order valence-corrected chi connectivity index (χ1v) is 10.4. The zero-order valence-electron chi connectivity index (χ0n) is 16.5. The van der Waals surface area contributed by atoms with Gasteiger partial charge in [-0.1, -0.05) is 49.1 Å². The Hall–Kier alpha value is -2.62. The SMILES string of the molecule is Cc1cccc(C(=O)Nc2ccc(C3(C(=O)NC4CCCCC4)CC3)cc2)c1. The largest absolute Gasteiger partial charge is 0.353 e. The monoisotopic (exact) mass is 376 g/mol. The van der Waals surface area contributed by atoms with E-state index in [0.717, 1.165) is 42.5 Å². The third-order valence-corrected chi connectivity index (χ3v) is 6.10. The zero-order chi connectivity index (χ0) is 19.6. The Bertz CT molecular complexity index is 862. The smallest absolute Gasteiger partial charge is 0.255 e. The summed E-state index contributed by atoms with van der Waals surface area (Å²) < 4.78 is 0. The molecule has 28 heavy (non-hydrogen) atoms. The molecule has 146 valence electrons. The lowest BCUT2D eigenvalue weighted by atomic mass is 9.91. The molecular formula is C24H28N2O2. The molecule has 2 saturated carbocycles. The van der Waals surface area contributed by atoms with Crippen molar-refractivity contribution >= 4 is 17.5 Å². The minimum atomic E-state index is -0.365. The Morgan fingerprint density at radius 3 is 2.32 bits per heavy atom. The molecule has 2 aliphatic carbocycles. The van der Waals surface area contributed by atoms with Gasteiger partial charge in [0, 0.05) is 17.3 Å². The second kappa shape index (κ2) is 7.78. The van der Waals surface area contributed by atoms with Gasteiger partial charge in [0.15, 0.2) is 0 Å². The van der Waals surface area contributed by atoms with E-state index in [1.807, 2.05) is 55.5 Å². The van der Waals surface area contributed by atoms with Gasteiger partial charge in [-0.05, 0) is 62.4 Å². The maximum Gasteiger partial charge on any atom is 0.255 e. The second-order valence-corrected chi connectivity index (χ2v) is 8.29. The van der Waals surface area contributed by atoms with E-state index < -0.39 is 0 Å². The van der Waals surface area contributed by atoms with Crippen molar-refractivity contribution in [1.29, 1.82) is 0 Å². The molecule has 0 unspecified atom stereocenters. The van der Waals surface area contributed by atoms with Gasteiger partial charge in [-0.15, -0.1) is 0 Å². The van der Waals surface area contributed by atoms with Gasteiger partial charge >= 0.3 is 0 Å². The van der Waals surface area contributed by atoms with Gasteiger partial charge in [-0.2, -0.15) is 0 Å². The molecule has 0 saturated heterocycles. The lowest BCUT2D eigenvalue weighted by Crippen LogP contribution is -2.42. The van der Waals surface area contributed by atoms with Crippen molar-refractivity contribution in [2.75, 3.05) is 5.32 Å². The lowest BCUT2D eigenvalue weighted by molar-refractivity contribution is -0.124. The van der Waals surface area contributed by atoms with Gasteiger partial charge < -0.3 is 10.6 Å². The number of carbonyl (C=O) groups is 2. The van der Waals surface area contributed by atoms with Crippen LogP contribution in [0.5, 0.6) is 0 Å². The molecule has 2 aliphatic rings. The summed E-state index contributed by atoms with van der Waals surface area (Å²) in [5.74, 6) is 0.0589. The molecule has 4 rings (SSSR count). The van der Waals surface area contributed by atoms with E-state index in [1.54, 1.807) is 0 Å². The Morgan fingerprint density at radius 1 is 0.964 bits per heavy atom. The molecular weight excluding hydrogens is 348 g/mol. The number of carbonyl (C=O) groups excluding carboxylic acids is 2. The lowest BCUT2D eigenvalue weighted by Gasteiger charge is -2.25. The van der Waals surface area contributed by atoms with Crippen LogP contribution in [-0.4, -0.2) is 17.9 Å². The average Bonchev–Trinajstić information content (AvgIpc) is 3.51. The molecule has 0 heterocycles. The minimum Gasteiger partial charge on any atom is -0.353 e. The number of amides is 2. The van der Waals surface area contributed by atoms with E-state index in [9.17, 15) is 9.59 Å². The van der Waals surface area contributed by atoms with E-state index in [2.05, 4.69) is 10.6 Å². The molecule has 0 aromatic heterocycles. The third kappa shape index (κ3) is 3.96. The normalized spacial score (nSPS) is 18.3. The molecule has 0 bridgehead atoms. The fourth-order valence-electron chi connectivity index (χ4n) is 4.20. The Morgan fingerprint density at radius 2 is 1.68 bits per heavy atom. The maximum atomic E-state index is 12.9. The van der Waals surface area contributed by atoms with E-state index >= 15 is 0 Å².